The summed E-state index contributed by atoms with van der Waals surface area (Å²) in [6.07, 6.45) is 1.86. The van der Waals surface area contributed by atoms with E-state index in [2.05, 4.69) is 20.8 Å². The zero-order valence-corrected chi connectivity index (χ0v) is 18.7. The van der Waals surface area contributed by atoms with Gasteiger partial charge in [0.25, 0.3) is 0 Å². The van der Waals surface area contributed by atoms with E-state index in [1.54, 1.807) is 14.2 Å². The molecule has 2 aromatic heterocycles. The molecule has 0 aliphatic carbocycles. The number of hydrogen-bond acceptors (Lipinski definition) is 8. The Balaban J connectivity index is 1.76. The van der Waals surface area contributed by atoms with Gasteiger partial charge in [0.05, 0.1) is 31.4 Å². The molecule has 1 aromatic carbocycles. The Bertz CT molecular complexity index is 1050. The SMILES string of the molecule is CCc1nnc2c(NCCCCNC(=O)OC(C)C)nc3cc(OC)c(OC)cc3n12. The molecule has 0 saturated carbocycles. The van der Waals surface area contributed by atoms with Gasteiger partial charge in [-0.25, -0.2) is 9.78 Å². The molecule has 2 heterocycles. The van der Waals surface area contributed by atoms with Crippen LogP contribution >= 0.6 is 0 Å². The Labute approximate surface area is 181 Å². The second-order valence-electron chi connectivity index (χ2n) is 7.30. The van der Waals surface area contributed by atoms with Gasteiger partial charge in [-0.15, -0.1) is 10.2 Å². The van der Waals surface area contributed by atoms with Gasteiger partial charge < -0.3 is 24.8 Å². The third-order valence-electron chi connectivity index (χ3n) is 4.72. The van der Waals surface area contributed by atoms with Crippen molar-refractivity contribution < 1.29 is 19.0 Å². The predicted octanol–water partition coefficient (Wildman–Crippen LogP) is 3.18. The molecular formula is C21H30N6O4. The smallest absolute Gasteiger partial charge is 0.407 e. The topological polar surface area (TPSA) is 112 Å². The largest absolute Gasteiger partial charge is 0.493 e. The Morgan fingerprint density at radius 2 is 1.81 bits per heavy atom. The van der Waals surface area contributed by atoms with Crippen LogP contribution in [0.2, 0.25) is 0 Å². The summed E-state index contributed by atoms with van der Waals surface area (Å²) in [6, 6.07) is 3.74. The van der Waals surface area contributed by atoms with Gasteiger partial charge in [-0.3, -0.25) is 4.40 Å². The number of carbonyl (C=O) groups excluding carboxylic acids is 1. The maximum Gasteiger partial charge on any atom is 0.407 e. The summed E-state index contributed by atoms with van der Waals surface area (Å²) in [5, 5.41) is 14.8. The van der Waals surface area contributed by atoms with Gasteiger partial charge in [0.15, 0.2) is 17.3 Å². The Hall–Kier alpha value is -3.30. The number of carbonyl (C=O) groups is 1. The van der Waals surface area contributed by atoms with Crippen LogP contribution in [-0.4, -0.2) is 59.1 Å². The van der Waals surface area contributed by atoms with Crippen molar-refractivity contribution in [2.75, 3.05) is 32.6 Å². The third-order valence-corrected chi connectivity index (χ3v) is 4.72. The molecule has 0 unspecified atom stereocenters. The summed E-state index contributed by atoms with van der Waals surface area (Å²) >= 11 is 0. The molecule has 0 radical (unpaired) electrons. The molecule has 31 heavy (non-hydrogen) atoms. The van der Waals surface area contributed by atoms with Gasteiger partial charge in [0, 0.05) is 31.6 Å². The Kier molecular flexibility index (Phi) is 7.32. The van der Waals surface area contributed by atoms with Crippen molar-refractivity contribution in [3.05, 3.63) is 18.0 Å². The highest BCUT2D eigenvalue weighted by Gasteiger charge is 2.17. The number of hydrogen-bond donors (Lipinski definition) is 2. The lowest BCUT2D eigenvalue weighted by molar-refractivity contribution is 0.115. The number of ether oxygens (including phenoxy) is 3. The highest BCUT2D eigenvalue weighted by atomic mass is 16.6. The standard InChI is InChI=1S/C21H30N6O4/c1-6-18-25-26-20-19(22-9-7-8-10-23-21(28)31-13(2)3)24-14-11-16(29-4)17(30-5)12-15(14)27(18)20/h11-13H,6-10H2,1-5H3,(H,22,24)(H,23,28). The lowest BCUT2D eigenvalue weighted by atomic mass is 10.2. The van der Waals surface area contributed by atoms with Gasteiger partial charge >= 0.3 is 6.09 Å². The van der Waals surface area contributed by atoms with E-state index < -0.39 is 0 Å². The number of unbranched alkanes of at least 4 members (excludes halogenated alkanes) is 1. The molecule has 3 rings (SSSR count). The molecule has 0 fully saturated rings. The molecule has 0 atom stereocenters. The van der Waals surface area contributed by atoms with Crippen LogP contribution in [-0.2, 0) is 11.2 Å². The van der Waals surface area contributed by atoms with Crippen molar-refractivity contribution >= 4 is 28.6 Å². The van der Waals surface area contributed by atoms with Gasteiger partial charge in [-0.05, 0) is 26.7 Å². The van der Waals surface area contributed by atoms with E-state index in [-0.39, 0.29) is 12.2 Å². The highest BCUT2D eigenvalue weighted by Crippen LogP contribution is 2.33. The summed E-state index contributed by atoms with van der Waals surface area (Å²) in [6.45, 7) is 6.90. The average molecular weight is 431 g/mol. The second-order valence-corrected chi connectivity index (χ2v) is 7.30. The molecule has 0 bridgehead atoms. The first-order valence-corrected chi connectivity index (χ1v) is 10.5. The van der Waals surface area contributed by atoms with Crippen molar-refractivity contribution in [3.63, 3.8) is 0 Å². The molecule has 10 heteroatoms. The number of anilines is 1. The number of fused-ring (bicyclic) bond motifs is 3. The number of benzene rings is 1. The summed E-state index contributed by atoms with van der Waals surface area (Å²) in [5.74, 6) is 2.72. The normalized spacial score (nSPS) is 11.2. The average Bonchev–Trinajstić information content (AvgIpc) is 3.19. The number of methoxy groups -OCH3 is 2. The fourth-order valence-electron chi connectivity index (χ4n) is 3.27. The predicted molar refractivity (Wildman–Crippen MR) is 118 cm³/mol. The second kappa shape index (κ2) is 10.1. The molecule has 10 nitrogen and oxygen atoms in total. The van der Waals surface area contributed by atoms with Crippen LogP contribution in [0.4, 0.5) is 10.6 Å². The van der Waals surface area contributed by atoms with Crippen molar-refractivity contribution in [3.8, 4) is 11.5 Å². The molecule has 0 aliphatic heterocycles. The zero-order valence-electron chi connectivity index (χ0n) is 18.7. The lowest BCUT2D eigenvalue weighted by Crippen LogP contribution is -2.27. The minimum atomic E-state index is -0.388. The van der Waals surface area contributed by atoms with E-state index in [9.17, 15) is 4.79 Å². The highest BCUT2D eigenvalue weighted by molar-refractivity contribution is 5.85. The van der Waals surface area contributed by atoms with Gasteiger partial charge in [0.2, 0.25) is 5.65 Å². The van der Waals surface area contributed by atoms with E-state index >= 15 is 0 Å². The maximum atomic E-state index is 11.5. The molecule has 2 N–H and O–H groups in total. The summed E-state index contributed by atoms with van der Waals surface area (Å²) in [5.41, 5.74) is 2.27. The molecule has 0 spiro atoms. The monoisotopic (exact) mass is 430 g/mol. The number of rotatable bonds is 10. The van der Waals surface area contributed by atoms with Crippen molar-refractivity contribution in [2.24, 2.45) is 0 Å². The van der Waals surface area contributed by atoms with E-state index in [0.717, 1.165) is 36.1 Å². The van der Waals surface area contributed by atoms with Crippen molar-refractivity contribution in [1.82, 2.24) is 24.9 Å². The first-order valence-electron chi connectivity index (χ1n) is 10.5. The van der Waals surface area contributed by atoms with Crippen LogP contribution in [0, 0.1) is 0 Å². The molecule has 1 amide bonds. The number of amides is 1. The van der Waals surface area contributed by atoms with Crippen LogP contribution < -0.4 is 20.1 Å². The van der Waals surface area contributed by atoms with Crippen LogP contribution in [0.5, 0.6) is 11.5 Å². The Morgan fingerprint density at radius 1 is 1.10 bits per heavy atom. The lowest BCUT2D eigenvalue weighted by Gasteiger charge is -2.13. The number of nitrogens with zero attached hydrogens (tertiary/aromatic N) is 4. The molecule has 0 saturated heterocycles. The third kappa shape index (κ3) is 5.07. The molecule has 3 aromatic rings. The van der Waals surface area contributed by atoms with Crippen molar-refractivity contribution in [1.29, 1.82) is 0 Å². The minimum Gasteiger partial charge on any atom is -0.493 e. The first kappa shape index (κ1) is 22.4. The minimum absolute atomic E-state index is 0.127. The first-order chi connectivity index (χ1) is 15.0. The fraction of sp³-hybridized carbons (Fsp3) is 0.524. The molecule has 168 valence electrons. The zero-order chi connectivity index (χ0) is 22.4. The van der Waals surface area contributed by atoms with E-state index in [1.165, 1.54) is 0 Å². The van der Waals surface area contributed by atoms with Gasteiger partial charge in [-0.2, -0.15) is 0 Å². The summed E-state index contributed by atoms with van der Waals surface area (Å²) < 4.78 is 17.9. The van der Waals surface area contributed by atoms with Crippen molar-refractivity contribution in [2.45, 2.75) is 46.1 Å². The fourth-order valence-corrected chi connectivity index (χ4v) is 3.27. The number of alkyl carbamates (subject to hydrolysis) is 1. The van der Waals surface area contributed by atoms with E-state index in [4.69, 9.17) is 19.2 Å². The van der Waals surface area contributed by atoms with Gasteiger partial charge in [0.1, 0.15) is 5.82 Å². The Morgan fingerprint density at radius 3 is 2.48 bits per heavy atom. The quantitative estimate of drug-likeness (QED) is 0.472. The molecule has 0 aliphatic rings. The molecular weight excluding hydrogens is 400 g/mol. The number of nitrogens with one attached hydrogen (secondary N) is 2. The maximum absolute atomic E-state index is 11.5. The van der Waals surface area contributed by atoms with E-state index in [0.29, 0.717) is 36.1 Å². The van der Waals surface area contributed by atoms with Crippen LogP contribution in [0.25, 0.3) is 16.7 Å². The van der Waals surface area contributed by atoms with Crippen LogP contribution in [0.1, 0.15) is 39.4 Å². The van der Waals surface area contributed by atoms with E-state index in [1.807, 2.05) is 37.3 Å². The van der Waals surface area contributed by atoms with Gasteiger partial charge in [-0.1, -0.05) is 6.92 Å². The number of aryl methyl sites for hydroxylation is 1. The van der Waals surface area contributed by atoms with Crippen LogP contribution in [0.3, 0.4) is 0 Å². The van der Waals surface area contributed by atoms with Crippen LogP contribution in [0.15, 0.2) is 12.1 Å². The summed E-state index contributed by atoms with van der Waals surface area (Å²) in [7, 11) is 3.21. The number of aromatic nitrogens is 4. The summed E-state index contributed by atoms with van der Waals surface area (Å²) in [4.78, 5) is 16.3.